The molecule has 0 fully saturated rings. The summed E-state index contributed by atoms with van der Waals surface area (Å²) in [6.07, 6.45) is -0.874. The summed E-state index contributed by atoms with van der Waals surface area (Å²) in [6, 6.07) is 20.5. The SMILES string of the molecule is CC(Oc1cccc(C#N)c1)C(=O)Nc1cccc(S(=O)(=O)Nc2ccc(Cl)cc2)c1. The number of hydrogen-bond donors (Lipinski definition) is 2. The first-order valence-electron chi connectivity index (χ1n) is 9.13. The van der Waals surface area contributed by atoms with E-state index in [-0.39, 0.29) is 4.90 Å². The van der Waals surface area contributed by atoms with Crippen LogP contribution >= 0.6 is 11.6 Å². The van der Waals surface area contributed by atoms with Gasteiger partial charge in [0.05, 0.1) is 16.5 Å². The molecule has 0 aromatic heterocycles. The van der Waals surface area contributed by atoms with Crippen LogP contribution in [0, 0.1) is 11.3 Å². The lowest BCUT2D eigenvalue weighted by molar-refractivity contribution is -0.122. The molecule has 158 valence electrons. The molecule has 0 saturated heterocycles. The second-order valence-electron chi connectivity index (χ2n) is 6.53. The van der Waals surface area contributed by atoms with Crippen LogP contribution in [0.4, 0.5) is 11.4 Å². The van der Waals surface area contributed by atoms with Gasteiger partial charge in [-0.1, -0.05) is 23.7 Å². The summed E-state index contributed by atoms with van der Waals surface area (Å²) in [5, 5.41) is 12.1. The fraction of sp³-hybridized carbons (Fsp3) is 0.0909. The number of nitrogens with zero attached hydrogens (tertiary/aromatic N) is 1. The minimum atomic E-state index is -3.87. The van der Waals surface area contributed by atoms with Crippen molar-refractivity contribution in [2.24, 2.45) is 0 Å². The third kappa shape index (κ3) is 5.98. The van der Waals surface area contributed by atoms with Crippen LogP contribution in [0.1, 0.15) is 12.5 Å². The lowest BCUT2D eigenvalue weighted by Crippen LogP contribution is -2.30. The van der Waals surface area contributed by atoms with Gasteiger partial charge in [0.2, 0.25) is 0 Å². The minimum Gasteiger partial charge on any atom is -0.481 e. The van der Waals surface area contributed by atoms with Crippen LogP contribution in [0.15, 0.2) is 77.7 Å². The fourth-order valence-corrected chi connectivity index (χ4v) is 3.84. The van der Waals surface area contributed by atoms with Crippen LogP contribution in [0.25, 0.3) is 0 Å². The van der Waals surface area contributed by atoms with Gasteiger partial charge in [-0.3, -0.25) is 9.52 Å². The van der Waals surface area contributed by atoms with Crippen LogP contribution in [0.3, 0.4) is 0 Å². The monoisotopic (exact) mass is 455 g/mol. The molecule has 1 amide bonds. The second-order valence-corrected chi connectivity index (χ2v) is 8.65. The Morgan fingerprint density at radius 3 is 2.45 bits per heavy atom. The standard InChI is InChI=1S/C22H18ClN3O4S/c1-15(30-20-6-2-4-16(12-20)14-24)22(27)25-19-5-3-7-21(13-19)31(28,29)26-18-10-8-17(23)9-11-18/h2-13,15,26H,1H3,(H,25,27). The second kappa shape index (κ2) is 9.51. The number of carbonyl (C=O) groups is 1. The summed E-state index contributed by atoms with van der Waals surface area (Å²) in [5.74, 6) is -0.0900. The minimum absolute atomic E-state index is 0.0180. The largest absolute Gasteiger partial charge is 0.481 e. The highest BCUT2D eigenvalue weighted by Crippen LogP contribution is 2.21. The van der Waals surface area contributed by atoms with E-state index in [1.54, 1.807) is 55.5 Å². The van der Waals surface area contributed by atoms with E-state index in [0.29, 0.717) is 27.7 Å². The molecule has 1 atom stereocenters. The predicted molar refractivity (Wildman–Crippen MR) is 119 cm³/mol. The van der Waals surface area contributed by atoms with Gasteiger partial charge in [-0.25, -0.2) is 8.42 Å². The van der Waals surface area contributed by atoms with Gasteiger partial charge < -0.3 is 10.1 Å². The molecule has 1 unspecified atom stereocenters. The molecule has 0 saturated carbocycles. The highest BCUT2D eigenvalue weighted by molar-refractivity contribution is 7.92. The molecule has 0 aliphatic carbocycles. The Hall–Kier alpha value is -3.54. The Morgan fingerprint density at radius 1 is 1.03 bits per heavy atom. The normalized spacial score (nSPS) is 11.8. The van der Waals surface area contributed by atoms with E-state index in [0.717, 1.165) is 0 Å². The number of halogens is 1. The Bertz CT molecular complexity index is 1240. The van der Waals surface area contributed by atoms with Gasteiger partial charge in [0.15, 0.2) is 6.10 Å². The van der Waals surface area contributed by atoms with Crippen LogP contribution in [0.5, 0.6) is 5.75 Å². The predicted octanol–water partition coefficient (Wildman–Crippen LogP) is 4.42. The molecule has 0 bridgehead atoms. The Labute approximate surface area is 185 Å². The zero-order chi connectivity index (χ0) is 22.4. The van der Waals surface area contributed by atoms with Crippen molar-refractivity contribution >= 4 is 38.9 Å². The summed E-state index contributed by atoms with van der Waals surface area (Å²) in [5.41, 5.74) is 1.07. The van der Waals surface area contributed by atoms with E-state index in [1.807, 2.05) is 6.07 Å². The van der Waals surface area contributed by atoms with Gasteiger partial charge in [-0.15, -0.1) is 0 Å². The van der Waals surface area contributed by atoms with E-state index in [9.17, 15) is 13.2 Å². The van der Waals surface area contributed by atoms with Crippen molar-refractivity contribution in [3.8, 4) is 11.8 Å². The van der Waals surface area contributed by atoms with Crippen LogP contribution in [0.2, 0.25) is 5.02 Å². The number of benzene rings is 3. The molecule has 31 heavy (non-hydrogen) atoms. The maximum Gasteiger partial charge on any atom is 0.265 e. The van der Waals surface area contributed by atoms with Crippen molar-refractivity contribution in [3.05, 3.63) is 83.4 Å². The Kier molecular flexibility index (Phi) is 6.80. The van der Waals surface area contributed by atoms with E-state index in [4.69, 9.17) is 21.6 Å². The van der Waals surface area contributed by atoms with Gasteiger partial charge in [0, 0.05) is 16.4 Å². The molecule has 9 heteroatoms. The molecule has 0 spiro atoms. The summed E-state index contributed by atoms with van der Waals surface area (Å²) in [4.78, 5) is 12.5. The summed E-state index contributed by atoms with van der Waals surface area (Å²) >= 11 is 5.82. The molecular weight excluding hydrogens is 438 g/mol. The summed E-state index contributed by atoms with van der Waals surface area (Å²) in [7, 11) is -3.87. The Balaban J connectivity index is 1.69. The molecule has 2 N–H and O–H groups in total. The van der Waals surface area contributed by atoms with Crippen molar-refractivity contribution in [3.63, 3.8) is 0 Å². The highest BCUT2D eigenvalue weighted by Gasteiger charge is 2.18. The van der Waals surface area contributed by atoms with Crippen molar-refractivity contribution in [2.45, 2.75) is 17.9 Å². The van der Waals surface area contributed by atoms with Crippen LogP contribution in [-0.2, 0) is 14.8 Å². The van der Waals surface area contributed by atoms with Gasteiger partial charge >= 0.3 is 0 Å². The van der Waals surface area contributed by atoms with Crippen molar-refractivity contribution in [1.29, 1.82) is 5.26 Å². The molecule has 7 nitrogen and oxygen atoms in total. The molecule has 0 aliphatic rings. The Morgan fingerprint density at radius 2 is 1.74 bits per heavy atom. The first kappa shape index (κ1) is 22.2. The molecule has 3 rings (SSSR count). The number of ether oxygens (including phenoxy) is 1. The fourth-order valence-electron chi connectivity index (χ4n) is 2.61. The number of nitriles is 1. The van der Waals surface area contributed by atoms with Gasteiger partial charge in [-0.2, -0.15) is 5.26 Å². The average molecular weight is 456 g/mol. The first-order valence-corrected chi connectivity index (χ1v) is 11.0. The molecule has 0 heterocycles. The number of hydrogen-bond acceptors (Lipinski definition) is 5. The molecule has 3 aromatic carbocycles. The number of amides is 1. The lowest BCUT2D eigenvalue weighted by Gasteiger charge is -2.15. The quantitative estimate of drug-likeness (QED) is 0.548. The summed E-state index contributed by atoms with van der Waals surface area (Å²) in [6.45, 7) is 1.55. The van der Waals surface area contributed by atoms with E-state index < -0.39 is 22.0 Å². The molecule has 3 aromatic rings. The zero-order valence-electron chi connectivity index (χ0n) is 16.4. The number of sulfonamides is 1. The van der Waals surface area contributed by atoms with Crippen molar-refractivity contribution in [2.75, 3.05) is 10.0 Å². The van der Waals surface area contributed by atoms with E-state index in [2.05, 4.69) is 10.0 Å². The maximum absolute atomic E-state index is 12.7. The maximum atomic E-state index is 12.7. The number of nitrogens with one attached hydrogen (secondary N) is 2. The smallest absolute Gasteiger partial charge is 0.265 e. The zero-order valence-corrected chi connectivity index (χ0v) is 17.9. The van der Waals surface area contributed by atoms with Gasteiger partial charge in [0.1, 0.15) is 5.75 Å². The van der Waals surface area contributed by atoms with Crippen molar-refractivity contribution in [1.82, 2.24) is 0 Å². The van der Waals surface area contributed by atoms with Crippen LogP contribution in [-0.4, -0.2) is 20.4 Å². The molecule has 0 radical (unpaired) electrons. The number of carbonyl (C=O) groups excluding carboxylic acids is 1. The van der Waals surface area contributed by atoms with Crippen molar-refractivity contribution < 1.29 is 17.9 Å². The van der Waals surface area contributed by atoms with E-state index in [1.165, 1.54) is 24.3 Å². The van der Waals surface area contributed by atoms with E-state index >= 15 is 0 Å². The molecular formula is C22H18ClN3O4S. The third-order valence-corrected chi connectivity index (χ3v) is 5.78. The third-order valence-electron chi connectivity index (χ3n) is 4.15. The van der Waals surface area contributed by atoms with Crippen LogP contribution < -0.4 is 14.8 Å². The number of rotatable bonds is 7. The lowest BCUT2D eigenvalue weighted by atomic mass is 10.2. The van der Waals surface area contributed by atoms with Gasteiger partial charge in [0.25, 0.3) is 15.9 Å². The highest BCUT2D eigenvalue weighted by atomic mass is 35.5. The van der Waals surface area contributed by atoms with Gasteiger partial charge in [-0.05, 0) is 67.6 Å². The average Bonchev–Trinajstić information content (AvgIpc) is 2.75. The molecule has 0 aliphatic heterocycles. The topological polar surface area (TPSA) is 108 Å². The summed E-state index contributed by atoms with van der Waals surface area (Å²) < 4.78 is 33.3. The first-order chi connectivity index (χ1) is 14.8. The number of anilines is 2.